The van der Waals surface area contributed by atoms with Crippen LogP contribution in [0.1, 0.15) is 31.2 Å². The Balaban J connectivity index is 0.000000271. The number of nitrogen functional groups attached to an aromatic ring is 2. The monoisotopic (exact) mass is 543 g/mol. The van der Waals surface area contributed by atoms with Gasteiger partial charge in [-0.15, -0.1) is 6.21 Å². The van der Waals surface area contributed by atoms with Gasteiger partial charge in [-0.2, -0.15) is 12.6 Å². The number of allylic oxidation sites excluding steroid dienone is 1. The number of ether oxygens (including phenoxy) is 1. The first kappa shape index (κ1) is 29.5. The predicted molar refractivity (Wildman–Crippen MR) is 138 cm³/mol. The van der Waals surface area contributed by atoms with Crippen LogP contribution in [0.5, 0.6) is 0 Å². The van der Waals surface area contributed by atoms with E-state index in [1.165, 1.54) is 24.6 Å². The normalized spacial score (nSPS) is 15.8. The molecule has 1 radical (unpaired) electrons. The zero-order chi connectivity index (χ0) is 23.0. The molecule has 0 amide bonds. The van der Waals surface area contributed by atoms with Gasteiger partial charge in [-0.25, -0.2) is 0 Å². The largest absolute Gasteiger partial charge is 0.589 e. The molecule has 2 aromatic rings. The van der Waals surface area contributed by atoms with Crippen molar-refractivity contribution in [2.75, 3.05) is 37.6 Å². The van der Waals surface area contributed by atoms with E-state index in [0.717, 1.165) is 50.5 Å². The molecule has 2 fully saturated rings. The maximum absolute atomic E-state index is 7.40. The molecule has 1 aliphatic carbocycles. The van der Waals surface area contributed by atoms with Crippen LogP contribution in [0, 0.1) is 11.7 Å². The third-order valence-corrected chi connectivity index (χ3v) is 5.61. The molecule has 2 aromatic carbocycles. The summed E-state index contributed by atoms with van der Waals surface area (Å²) in [6.07, 6.45) is 9.44. The average Bonchev–Trinajstić information content (AvgIpc) is 3.37. The molecule has 6 nitrogen and oxygen atoms in total. The minimum atomic E-state index is 0. The van der Waals surface area contributed by atoms with Gasteiger partial charge in [0.2, 0.25) is 0 Å². The summed E-state index contributed by atoms with van der Waals surface area (Å²) >= 11 is 4.11. The van der Waals surface area contributed by atoms with Crippen molar-refractivity contribution >= 4 is 30.2 Å². The second-order valence-electron chi connectivity index (χ2n) is 7.67. The molecule has 177 valence electrons. The summed E-state index contributed by atoms with van der Waals surface area (Å²) in [5.41, 5.74) is 14.1. The van der Waals surface area contributed by atoms with Crippen LogP contribution in [0.4, 0.5) is 11.4 Å². The Kier molecular flexibility index (Phi) is 16.0. The Bertz CT molecular complexity index is 788. The van der Waals surface area contributed by atoms with E-state index in [4.69, 9.17) is 21.6 Å². The van der Waals surface area contributed by atoms with Gasteiger partial charge in [0.05, 0.1) is 17.5 Å². The number of anilines is 2. The summed E-state index contributed by atoms with van der Waals surface area (Å²) in [4.78, 5) is 2.15. The van der Waals surface area contributed by atoms with Gasteiger partial charge in [-0.1, -0.05) is 48.2 Å². The molecule has 4 rings (SSSR count). The van der Waals surface area contributed by atoms with Gasteiger partial charge in [0.15, 0.2) is 0 Å². The molecule has 0 unspecified atom stereocenters. The van der Waals surface area contributed by atoms with E-state index >= 15 is 0 Å². The van der Waals surface area contributed by atoms with Gasteiger partial charge in [0, 0.05) is 64.6 Å². The van der Waals surface area contributed by atoms with Gasteiger partial charge in [0.25, 0.3) is 0 Å². The van der Waals surface area contributed by atoms with E-state index in [2.05, 4.69) is 41.2 Å². The fourth-order valence-corrected chi connectivity index (χ4v) is 3.55. The number of piperazine rings is 1. The third-order valence-electron chi connectivity index (χ3n) is 5.25. The second kappa shape index (κ2) is 17.9. The maximum atomic E-state index is 7.40. The van der Waals surface area contributed by atoms with Crippen molar-refractivity contribution < 1.29 is 37.4 Å². The molecule has 0 bridgehead atoms. The predicted octanol–water partition coefficient (Wildman–Crippen LogP) is 4.11. The molecule has 0 aromatic heterocycles. The van der Waals surface area contributed by atoms with Crippen LogP contribution >= 0.6 is 12.6 Å². The minimum absolute atomic E-state index is 0. The number of thiol groups is 1. The molecule has 0 spiro atoms. The van der Waals surface area contributed by atoms with E-state index in [-0.39, 0.29) is 32.7 Å². The Morgan fingerprint density at radius 3 is 2.03 bits per heavy atom. The Labute approximate surface area is 229 Å². The summed E-state index contributed by atoms with van der Waals surface area (Å²) < 4.78 is 5.61. The molecule has 1 heterocycles. The third kappa shape index (κ3) is 11.9. The fraction of sp³-hybridized carbons (Fsp3) is 0.400. The first-order valence-corrected chi connectivity index (χ1v) is 11.8. The van der Waals surface area contributed by atoms with E-state index in [9.17, 15) is 0 Å². The molecular weight excluding hydrogens is 507 g/mol. The number of para-hydroxylation sites is 2. The van der Waals surface area contributed by atoms with Crippen LogP contribution < -0.4 is 16.8 Å². The van der Waals surface area contributed by atoms with Crippen LogP contribution in [0.2, 0.25) is 0 Å². The molecule has 8 heteroatoms. The number of hydrogen-bond donors (Lipinski definition) is 5. The van der Waals surface area contributed by atoms with E-state index in [1.807, 2.05) is 30.3 Å². The summed E-state index contributed by atoms with van der Waals surface area (Å²) in [6, 6.07) is 17.4. The number of nitrogens with two attached hydrogens (primary N) is 2. The van der Waals surface area contributed by atoms with Crippen molar-refractivity contribution in [3.05, 3.63) is 72.1 Å². The number of hydrogen-bond acceptors (Lipinski definition) is 7. The van der Waals surface area contributed by atoms with Gasteiger partial charge in [-0.05, 0) is 49.6 Å². The van der Waals surface area contributed by atoms with Gasteiger partial charge in [0.1, 0.15) is 0 Å². The molecule has 0 atom stereocenters. The van der Waals surface area contributed by atoms with Gasteiger partial charge in [-0.3, -0.25) is 0 Å². The van der Waals surface area contributed by atoms with E-state index in [1.54, 1.807) is 12.1 Å². The van der Waals surface area contributed by atoms with E-state index < -0.39 is 0 Å². The van der Waals surface area contributed by atoms with E-state index in [0.29, 0.717) is 17.5 Å². The standard InChI is InChI=1S/C12H20N3O.C7H8S.C6H8N2.Y/c13-9-11(15-7-5-14-6-8-15)10-16-12-3-1-2-4-12;8-6-7-4-2-1-3-5-7;7-5-3-1-2-4-6(5)8;/h9,12-14H,1-8H2;1-5,8H,6H2;1-4H,7-8H2;/q-1;;;. The fourth-order valence-electron chi connectivity index (χ4n) is 3.34. The number of rotatable bonds is 5. The van der Waals surface area contributed by atoms with Crippen molar-refractivity contribution in [1.82, 2.24) is 10.2 Å². The molecule has 1 saturated carbocycles. The Morgan fingerprint density at radius 1 is 1.03 bits per heavy atom. The SMILES string of the molecule is N=CC(=[C-]OC1CCCC1)N1CCNCC1.Nc1ccccc1N.SCc1ccccc1.[Y]. The minimum Gasteiger partial charge on any atom is -0.589 e. The zero-order valence-electron chi connectivity index (χ0n) is 19.2. The molecule has 1 saturated heterocycles. The molecule has 6 N–H and O–H groups in total. The quantitative estimate of drug-likeness (QED) is 0.129. The molecule has 33 heavy (non-hydrogen) atoms. The second-order valence-corrected chi connectivity index (χ2v) is 7.98. The zero-order valence-corrected chi connectivity index (χ0v) is 23.0. The van der Waals surface area contributed by atoms with Crippen LogP contribution in [0.15, 0.2) is 60.3 Å². The topological polar surface area (TPSA) is 100 Å². The smallest absolute Gasteiger partial charge is 0.0736 e. The van der Waals surface area contributed by atoms with Crippen molar-refractivity contribution in [3.63, 3.8) is 0 Å². The summed E-state index contributed by atoms with van der Waals surface area (Å²) in [5, 5.41) is 10.7. The van der Waals surface area contributed by atoms with Crippen molar-refractivity contribution in [2.24, 2.45) is 0 Å². The van der Waals surface area contributed by atoms with Crippen LogP contribution in [-0.4, -0.2) is 43.4 Å². The molecule has 1 aliphatic heterocycles. The first-order valence-electron chi connectivity index (χ1n) is 11.1. The summed E-state index contributed by atoms with van der Waals surface area (Å²) in [5.74, 6) is 0.834. The number of benzene rings is 2. The van der Waals surface area contributed by atoms with Crippen molar-refractivity contribution in [3.8, 4) is 0 Å². The first-order chi connectivity index (χ1) is 15.6. The maximum Gasteiger partial charge on any atom is 0.0736 e. The van der Waals surface area contributed by atoms with Crippen LogP contribution in [0.3, 0.4) is 0 Å². The number of nitrogens with zero attached hydrogens (tertiary/aromatic N) is 1. The van der Waals surface area contributed by atoms with Gasteiger partial charge < -0.3 is 31.8 Å². The van der Waals surface area contributed by atoms with Gasteiger partial charge >= 0.3 is 0 Å². The Morgan fingerprint density at radius 2 is 1.58 bits per heavy atom. The van der Waals surface area contributed by atoms with Crippen LogP contribution in [-0.2, 0) is 43.2 Å². The Hall–Kier alpha value is -1.54. The average molecular weight is 544 g/mol. The summed E-state index contributed by atoms with van der Waals surface area (Å²) in [7, 11) is 0. The summed E-state index contributed by atoms with van der Waals surface area (Å²) in [6.45, 7) is 3.82. The molecule has 2 aliphatic rings. The molecular formula is C25H36N5OSY-. The number of nitrogens with one attached hydrogen (secondary N) is 2. The van der Waals surface area contributed by atoms with Crippen molar-refractivity contribution in [2.45, 2.75) is 37.5 Å². The van der Waals surface area contributed by atoms with Crippen LogP contribution in [0.25, 0.3) is 0 Å². The van der Waals surface area contributed by atoms with Crippen molar-refractivity contribution in [1.29, 1.82) is 5.41 Å².